The molecule has 39 heavy (non-hydrogen) atoms. The quantitative estimate of drug-likeness (QED) is 0.0853. The van der Waals surface area contributed by atoms with Crippen LogP contribution in [0.5, 0.6) is 17.2 Å². The fourth-order valence-electron chi connectivity index (χ4n) is 4.39. The molecular weight excluding hydrogens is 484 g/mol. The van der Waals surface area contributed by atoms with Crippen molar-refractivity contribution in [3.05, 3.63) is 59.2 Å². The number of rotatable bonds is 22. The number of unbranched alkanes of at least 4 members (excludes halogenated alkanes) is 9. The Hall–Kier alpha value is -2.75. The monoisotopic (exact) mass is 536 g/mol. The molecular formula is C35H52O4. The van der Waals surface area contributed by atoms with Crippen molar-refractivity contribution in [2.75, 3.05) is 19.8 Å². The lowest BCUT2D eigenvalue weighted by Gasteiger charge is -2.13. The molecule has 0 aliphatic carbocycles. The molecule has 0 amide bonds. The third kappa shape index (κ3) is 12.8. The van der Waals surface area contributed by atoms with E-state index >= 15 is 0 Å². The number of carbonyl (C=O) groups excluding carboxylic acids is 1. The van der Waals surface area contributed by atoms with Crippen molar-refractivity contribution in [1.29, 1.82) is 0 Å². The van der Waals surface area contributed by atoms with Crippen LogP contribution in [0, 0.1) is 0 Å². The van der Waals surface area contributed by atoms with Gasteiger partial charge in [0.15, 0.2) is 5.78 Å². The second kappa shape index (κ2) is 20.2. The van der Waals surface area contributed by atoms with Crippen molar-refractivity contribution < 1.29 is 19.0 Å². The van der Waals surface area contributed by atoms with E-state index in [1.54, 1.807) is 6.08 Å². The van der Waals surface area contributed by atoms with Crippen molar-refractivity contribution in [1.82, 2.24) is 0 Å². The Labute approximate surface area is 238 Å². The predicted octanol–water partition coefficient (Wildman–Crippen LogP) is 10.0. The minimum absolute atomic E-state index is 0.0919. The molecule has 216 valence electrons. The SMILES string of the molecule is CCCCCCOc1ccc(OCCCCCC)c(C(=O)/C=C/c2cc(CC)ccc2OCCCCCC)c1. The van der Waals surface area contributed by atoms with Gasteiger partial charge in [0.25, 0.3) is 0 Å². The molecule has 2 aromatic rings. The molecule has 0 atom stereocenters. The normalized spacial score (nSPS) is 11.2. The first kappa shape index (κ1) is 32.5. The molecule has 0 aromatic heterocycles. The predicted molar refractivity (Wildman–Crippen MR) is 165 cm³/mol. The standard InChI is InChI=1S/C35H52O4/c1-5-9-12-15-24-37-31-20-23-35(39-26-17-14-11-7-3)32(28-31)33(36)21-19-30-27-29(8-4)18-22-34(30)38-25-16-13-10-6-2/h18-23,27-28H,5-17,24-26H2,1-4H3/b21-19+. The summed E-state index contributed by atoms with van der Waals surface area (Å²) in [6, 6.07) is 11.9. The minimum atomic E-state index is -0.0919. The lowest BCUT2D eigenvalue weighted by Crippen LogP contribution is -2.05. The first-order valence-corrected chi connectivity index (χ1v) is 15.5. The van der Waals surface area contributed by atoms with Crippen LogP contribution in [0.3, 0.4) is 0 Å². The molecule has 0 N–H and O–H groups in total. The average Bonchev–Trinajstić information content (AvgIpc) is 2.96. The smallest absolute Gasteiger partial charge is 0.189 e. The highest BCUT2D eigenvalue weighted by molar-refractivity contribution is 6.09. The first-order valence-electron chi connectivity index (χ1n) is 15.5. The number of hydrogen-bond donors (Lipinski definition) is 0. The van der Waals surface area contributed by atoms with Crippen LogP contribution < -0.4 is 14.2 Å². The van der Waals surface area contributed by atoms with Gasteiger partial charge in [-0.05, 0) is 73.7 Å². The van der Waals surface area contributed by atoms with Crippen LogP contribution in [0.4, 0.5) is 0 Å². The summed E-state index contributed by atoms with van der Waals surface area (Å²) in [5, 5.41) is 0. The van der Waals surface area contributed by atoms with Crippen LogP contribution in [0.2, 0.25) is 0 Å². The lowest BCUT2D eigenvalue weighted by atomic mass is 10.0. The van der Waals surface area contributed by atoms with E-state index in [1.807, 2.05) is 30.3 Å². The Kier molecular flexibility index (Phi) is 16.8. The molecule has 0 unspecified atom stereocenters. The summed E-state index contributed by atoms with van der Waals surface area (Å²) < 4.78 is 18.2. The van der Waals surface area contributed by atoms with Crippen molar-refractivity contribution in [3.8, 4) is 17.2 Å². The van der Waals surface area contributed by atoms with Gasteiger partial charge in [-0.15, -0.1) is 0 Å². The van der Waals surface area contributed by atoms with E-state index in [-0.39, 0.29) is 5.78 Å². The van der Waals surface area contributed by atoms with Gasteiger partial charge in [0.05, 0.1) is 25.4 Å². The van der Waals surface area contributed by atoms with E-state index in [2.05, 4.69) is 39.8 Å². The van der Waals surface area contributed by atoms with Gasteiger partial charge in [-0.1, -0.05) is 91.5 Å². The molecule has 2 rings (SSSR count). The van der Waals surface area contributed by atoms with Gasteiger partial charge in [0.1, 0.15) is 17.2 Å². The number of carbonyl (C=O) groups is 1. The summed E-state index contributed by atoms with van der Waals surface area (Å²) >= 11 is 0. The Bertz CT molecular complexity index is 979. The molecule has 0 heterocycles. The van der Waals surface area contributed by atoms with Crippen LogP contribution in [0.15, 0.2) is 42.5 Å². The molecule has 0 saturated heterocycles. The zero-order valence-electron chi connectivity index (χ0n) is 25.1. The Balaban J connectivity index is 2.18. The van der Waals surface area contributed by atoms with Crippen molar-refractivity contribution in [2.24, 2.45) is 0 Å². The molecule has 0 saturated carbocycles. The van der Waals surface area contributed by atoms with Gasteiger partial charge in [-0.2, -0.15) is 0 Å². The maximum atomic E-state index is 13.5. The number of ketones is 1. The first-order chi connectivity index (χ1) is 19.1. The van der Waals surface area contributed by atoms with Gasteiger partial charge in [-0.25, -0.2) is 0 Å². The topological polar surface area (TPSA) is 44.8 Å². The van der Waals surface area contributed by atoms with Gasteiger partial charge < -0.3 is 14.2 Å². The zero-order chi connectivity index (χ0) is 28.1. The van der Waals surface area contributed by atoms with E-state index in [0.29, 0.717) is 36.9 Å². The third-order valence-electron chi connectivity index (χ3n) is 6.89. The molecule has 0 fully saturated rings. The third-order valence-corrected chi connectivity index (χ3v) is 6.89. The molecule has 0 bridgehead atoms. The van der Waals surface area contributed by atoms with Crippen LogP contribution in [-0.2, 0) is 6.42 Å². The highest BCUT2D eigenvalue weighted by Crippen LogP contribution is 2.28. The Morgan fingerprint density at radius 1 is 0.641 bits per heavy atom. The number of hydrogen-bond acceptors (Lipinski definition) is 4. The summed E-state index contributed by atoms with van der Waals surface area (Å²) in [7, 11) is 0. The van der Waals surface area contributed by atoms with Crippen molar-refractivity contribution in [2.45, 2.75) is 111 Å². The molecule has 0 radical (unpaired) electrons. The average molecular weight is 537 g/mol. The molecule has 4 heteroatoms. The summed E-state index contributed by atoms with van der Waals surface area (Å²) in [5.74, 6) is 2.06. The summed E-state index contributed by atoms with van der Waals surface area (Å²) in [4.78, 5) is 13.5. The molecule has 4 nitrogen and oxygen atoms in total. The van der Waals surface area contributed by atoms with E-state index < -0.39 is 0 Å². The second-order valence-electron chi connectivity index (χ2n) is 10.3. The number of ether oxygens (including phenoxy) is 3. The summed E-state index contributed by atoms with van der Waals surface area (Å²) in [5.41, 5.74) is 2.69. The van der Waals surface area contributed by atoms with Crippen LogP contribution in [0.25, 0.3) is 6.08 Å². The van der Waals surface area contributed by atoms with Crippen LogP contribution >= 0.6 is 0 Å². The van der Waals surface area contributed by atoms with E-state index in [1.165, 1.54) is 50.5 Å². The summed E-state index contributed by atoms with van der Waals surface area (Å²) in [6.45, 7) is 10.7. The lowest BCUT2D eigenvalue weighted by molar-refractivity contribution is 0.104. The highest BCUT2D eigenvalue weighted by atomic mass is 16.5. The van der Waals surface area contributed by atoms with Gasteiger partial charge in [-0.3, -0.25) is 4.79 Å². The Morgan fingerprint density at radius 2 is 1.21 bits per heavy atom. The minimum Gasteiger partial charge on any atom is -0.494 e. The van der Waals surface area contributed by atoms with Crippen LogP contribution in [0.1, 0.15) is 126 Å². The molecule has 0 spiro atoms. The number of benzene rings is 2. The number of allylic oxidation sites excluding steroid dienone is 1. The fraction of sp³-hybridized carbons (Fsp3) is 0.571. The van der Waals surface area contributed by atoms with Gasteiger partial charge in [0, 0.05) is 5.56 Å². The maximum Gasteiger partial charge on any atom is 0.189 e. The molecule has 2 aromatic carbocycles. The summed E-state index contributed by atoms with van der Waals surface area (Å²) in [6.07, 6.45) is 18.2. The van der Waals surface area contributed by atoms with E-state index in [0.717, 1.165) is 49.8 Å². The van der Waals surface area contributed by atoms with E-state index in [9.17, 15) is 4.79 Å². The molecule has 0 aliphatic heterocycles. The Morgan fingerprint density at radius 3 is 1.79 bits per heavy atom. The maximum absolute atomic E-state index is 13.5. The molecule has 0 aliphatic rings. The highest BCUT2D eigenvalue weighted by Gasteiger charge is 2.13. The van der Waals surface area contributed by atoms with Crippen molar-refractivity contribution in [3.63, 3.8) is 0 Å². The van der Waals surface area contributed by atoms with E-state index in [4.69, 9.17) is 14.2 Å². The fourth-order valence-corrected chi connectivity index (χ4v) is 4.39. The van der Waals surface area contributed by atoms with Gasteiger partial charge >= 0.3 is 0 Å². The number of aryl methyl sites for hydroxylation is 1. The van der Waals surface area contributed by atoms with Crippen molar-refractivity contribution >= 4 is 11.9 Å². The van der Waals surface area contributed by atoms with Crippen LogP contribution in [-0.4, -0.2) is 25.6 Å². The zero-order valence-corrected chi connectivity index (χ0v) is 25.1. The van der Waals surface area contributed by atoms with Gasteiger partial charge in [0.2, 0.25) is 0 Å². The largest absolute Gasteiger partial charge is 0.494 e. The second-order valence-corrected chi connectivity index (χ2v) is 10.3.